The van der Waals surface area contributed by atoms with E-state index in [0.29, 0.717) is 34.8 Å². The third-order valence-corrected chi connectivity index (χ3v) is 11.5. The summed E-state index contributed by atoms with van der Waals surface area (Å²) in [6, 6.07) is 0.199. The van der Waals surface area contributed by atoms with Crippen molar-refractivity contribution >= 4 is 29.5 Å². The number of ether oxygens (including phenoxy) is 1. The molecule has 9 nitrogen and oxygen atoms in total. The van der Waals surface area contributed by atoms with Crippen molar-refractivity contribution in [3.63, 3.8) is 0 Å². The Labute approximate surface area is 241 Å². The van der Waals surface area contributed by atoms with Crippen LogP contribution in [0.2, 0.25) is 0 Å². The molecule has 5 saturated carbocycles. The van der Waals surface area contributed by atoms with Gasteiger partial charge in [-0.1, -0.05) is 33.1 Å². The van der Waals surface area contributed by atoms with Crippen LogP contribution in [0.15, 0.2) is 9.42 Å². The van der Waals surface area contributed by atoms with Gasteiger partial charge in [-0.2, -0.15) is 0 Å². The zero-order valence-electron chi connectivity index (χ0n) is 23.9. The summed E-state index contributed by atoms with van der Waals surface area (Å²) in [6.07, 6.45) is 12.9. The molecular formula is C30H45N3O6S. The number of hydrogen-bond donors (Lipinski definition) is 3. The molecule has 1 heterocycles. The molecule has 1 aromatic heterocycles. The number of aromatic nitrogens is 1. The maximum absolute atomic E-state index is 13.7. The highest BCUT2D eigenvalue weighted by Gasteiger charge is 2.49. The summed E-state index contributed by atoms with van der Waals surface area (Å²) in [5, 5.41) is 19.6. The highest BCUT2D eigenvalue weighted by molar-refractivity contribution is 8.00. The third kappa shape index (κ3) is 6.31. The average Bonchev–Trinajstić information content (AvgIpc) is 3.33. The molecule has 40 heavy (non-hydrogen) atoms. The third-order valence-electron chi connectivity index (χ3n) is 10.1. The molecule has 0 radical (unpaired) electrons. The molecule has 0 saturated heterocycles. The lowest BCUT2D eigenvalue weighted by Crippen LogP contribution is -2.55. The standard InChI is InChI=1S/C30H45N3O6S/c1-3-30(4-2,29(37)31-11-10-23(34)35)17-38-28-26(40-22-8-6-5-7-9-22)25(39-33-28)27(36)32-24-20-13-18-12-19(15-20)16-21(24)14-18/h18-22,24H,3-17H2,1-2H3,(H,31,37)(H,32,36)(H,34,35). The van der Waals surface area contributed by atoms with E-state index < -0.39 is 11.4 Å². The number of nitrogens with one attached hydrogen (secondary N) is 2. The minimum Gasteiger partial charge on any atom is -0.481 e. The van der Waals surface area contributed by atoms with E-state index in [1.54, 1.807) is 11.8 Å². The van der Waals surface area contributed by atoms with Gasteiger partial charge in [0, 0.05) is 17.8 Å². The van der Waals surface area contributed by atoms with Crippen molar-refractivity contribution in [3.05, 3.63) is 5.76 Å². The summed E-state index contributed by atoms with van der Waals surface area (Å²) < 4.78 is 11.9. The van der Waals surface area contributed by atoms with E-state index in [1.165, 1.54) is 51.4 Å². The van der Waals surface area contributed by atoms with Crippen LogP contribution in [-0.4, -0.2) is 52.5 Å². The van der Waals surface area contributed by atoms with E-state index in [-0.39, 0.29) is 49.1 Å². The molecule has 0 spiro atoms. The van der Waals surface area contributed by atoms with Crippen molar-refractivity contribution in [1.29, 1.82) is 0 Å². The normalized spacial score (nSPS) is 27.9. The highest BCUT2D eigenvalue weighted by atomic mass is 32.2. The van der Waals surface area contributed by atoms with Gasteiger partial charge in [-0.05, 0) is 86.6 Å². The number of carbonyl (C=O) groups is 3. The van der Waals surface area contributed by atoms with Crippen LogP contribution in [0.5, 0.6) is 5.88 Å². The molecule has 0 unspecified atom stereocenters. The van der Waals surface area contributed by atoms with Gasteiger partial charge < -0.3 is 25.0 Å². The Morgan fingerprint density at radius 2 is 1.68 bits per heavy atom. The van der Waals surface area contributed by atoms with Crippen LogP contribution >= 0.6 is 11.8 Å². The van der Waals surface area contributed by atoms with Gasteiger partial charge in [0.2, 0.25) is 11.7 Å². The lowest BCUT2D eigenvalue weighted by Gasteiger charge is -2.54. The smallest absolute Gasteiger partial charge is 0.305 e. The van der Waals surface area contributed by atoms with Crippen LogP contribution < -0.4 is 15.4 Å². The maximum Gasteiger partial charge on any atom is 0.305 e. The highest BCUT2D eigenvalue weighted by Crippen LogP contribution is 2.54. The van der Waals surface area contributed by atoms with Gasteiger partial charge >= 0.3 is 5.97 Å². The van der Waals surface area contributed by atoms with E-state index in [4.69, 9.17) is 14.4 Å². The van der Waals surface area contributed by atoms with Crippen molar-refractivity contribution in [1.82, 2.24) is 15.8 Å². The van der Waals surface area contributed by atoms with Gasteiger partial charge in [-0.3, -0.25) is 14.4 Å². The second-order valence-electron chi connectivity index (χ2n) is 12.6. The van der Waals surface area contributed by atoms with Crippen molar-refractivity contribution < 1.29 is 28.8 Å². The van der Waals surface area contributed by atoms with Crippen molar-refractivity contribution in [2.45, 2.75) is 114 Å². The van der Waals surface area contributed by atoms with Gasteiger partial charge in [0.25, 0.3) is 11.8 Å². The molecule has 0 atom stereocenters. The first-order valence-corrected chi connectivity index (χ1v) is 16.3. The number of amides is 2. The van der Waals surface area contributed by atoms with Crippen LogP contribution in [0, 0.1) is 29.1 Å². The van der Waals surface area contributed by atoms with Gasteiger partial charge in [-0.25, -0.2) is 0 Å². The van der Waals surface area contributed by atoms with Crippen molar-refractivity contribution in [3.8, 4) is 5.88 Å². The number of carboxylic acids is 1. The summed E-state index contributed by atoms with van der Waals surface area (Å²) in [7, 11) is 0. The number of hydrogen-bond acceptors (Lipinski definition) is 7. The van der Waals surface area contributed by atoms with Gasteiger partial charge in [0.15, 0.2) is 0 Å². The largest absolute Gasteiger partial charge is 0.481 e. The van der Waals surface area contributed by atoms with Crippen LogP contribution in [-0.2, 0) is 9.59 Å². The minimum atomic E-state index is -0.957. The van der Waals surface area contributed by atoms with Crippen molar-refractivity contribution in [2.75, 3.05) is 13.2 Å². The van der Waals surface area contributed by atoms with Crippen LogP contribution in [0.3, 0.4) is 0 Å². The van der Waals surface area contributed by atoms with E-state index in [9.17, 15) is 14.4 Å². The Hall–Kier alpha value is -2.23. The fraction of sp³-hybridized carbons (Fsp3) is 0.800. The zero-order valence-corrected chi connectivity index (χ0v) is 24.7. The molecule has 4 bridgehead atoms. The molecular weight excluding hydrogens is 530 g/mol. The Kier molecular flexibility index (Phi) is 9.32. The molecule has 1 aromatic rings. The Balaban J connectivity index is 1.31. The summed E-state index contributed by atoms with van der Waals surface area (Å²) in [6.45, 7) is 3.99. The minimum absolute atomic E-state index is 0.0671. The topological polar surface area (TPSA) is 131 Å². The van der Waals surface area contributed by atoms with Crippen LogP contribution in [0.25, 0.3) is 0 Å². The summed E-state index contributed by atoms with van der Waals surface area (Å²) >= 11 is 1.63. The predicted molar refractivity (Wildman–Crippen MR) is 151 cm³/mol. The predicted octanol–water partition coefficient (Wildman–Crippen LogP) is 5.43. The molecule has 5 aliphatic rings. The first-order chi connectivity index (χ1) is 19.3. The van der Waals surface area contributed by atoms with Crippen LogP contribution in [0.4, 0.5) is 0 Å². The van der Waals surface area contributed by atoms with E-state index in [1.807, 2.05) is 13.8 Å². The van der Waals surface area contributed by atoms with Crippen LogP contribution in [0.1, 0.15) is 108 Å². The lowest BCUT2D eigenvalue weighted by molar-refractivity contribution is -0.137. The SMILES string of the molecule is CCC(CC)(COc1noc(C(=O)NC2C3CC4CC(C3)CC2C4)c1SC1CCCCC1)C(=O)NCCC(=O)O. The Bertz CT molecular complexity index is 1040. The number of aliphatic carboxylic acids is 1. The van der Waals surface area contributed by atoms with Gasteiger partial charge in [0.05, 0.1) is 11.8 Å². The molecule has 5 aliphatic carbocycles. The van der Waals surface area contributed by atoms with Gasteiger partial charge in [0.1, 0.15) is 11.5 Å². The molecule has 0 aromatic carbocycles. The molecule has 10 heteroatoms. The van der Waals surface area contributed by atoms with E-state index in [2.05, 4.69) is 15.8 Å². The average molecular weight is 576 g/mol. The molecule has 6 rings (SSSR count). The Morgan fingerprint density at radius 1 is 1.02 bits per heavy atom. The fourth-order valence-corrected chi connectivity index (χ4v) is 9.19. The number of rotatable bonds is 13. The zero-order chi connectivity index (χ0) is 28.3. The monoisotopic (exact) mass is 575 g/mol. The Morgan fingerprint density at radius 3 is 2.27 bits per heavy atom. The molecule has 0 aliphatic heterocycles. The number of carboxylic acid groups (broad SMARTS) is 1. The number of thioether (sulfide) groups is 1. The lowest BCUT2D eigenvalue weighted by atomic mass is 9.54. The first-order valence-electron chi connectivity index (χ1n) is 15.4. The summed E-state index contributed by atoms with van der Waals surface area (Å²) in [4.78, 5) is 38.3. The molecule has 3 N–H and O–H groups in total. The number of nitrogens with zero attached hydrogens (tertiary/aromatic N) is 1. The first kappa shape index (κ1) is 29.3. The quantitative estimate of drug-likeness (QED) is 0.284. The maximum atomic E-state index is 13.7. The molecule has 5 fully saturated rings. The second-order valence-corrected chi connectivity index (χ2v) is 13.9. The molecule has 2 amide bonds. The summed E-state index contributed by atoms with van der Waals surface area (Å²) in [5.41, 5.74) is -0.840. The van der Waals surface area contributed by atoms with Crippen molar-refractivity contribution in [2.24, 2.45) is 29.1 Å². The number of carbonyl (C=O) groups excluding carboxylic acids is 2. The van der Waals surface area contributed by atoms with E-state index >= 15 is 0 Å². The van der Waals surface area contributed by atoms with E-state index in [0.717, 1.165) is 24.7 Å². The molecule has 222 valence electrons. The second kappa shape index (κ2) is 12.7. The van der Waals surface area contributed by atoms with Gasteiger partial charge in [-0.15, -0.1) is 11.8 Å². The fourth-order valence-electron chi connectivity index (χ4n) is 7.85. The summed E-state index contributed by atoms with van der Waals surface area (Å²) in [5.74, 6) is 1.88.